The molecule has 0 aliphatic carbocycles. The Morgan fingerprint density at radius 1 is 1.62 bits per heavy atom. The van der Waals surface area contributed by atoms with Gasteiger partial charge in [0, 0.05) is 12.6 Å². The molecule has 0 spiro atoms. The minimum absolute atomic E-state index is 0.163. The van der Waals surface area contributed by atoms with Gasteiger partial charge in [0.15, 0.2) is 5.75 Å². The Morgan fingerprint density at radius 3 is 2.77 bits per heavy atom. The molecule has 0 amide bonds. The van der Waals surface area contributed by atoms with Crippen LogP contribution >= 0.6 is 0 Å². The van der Waals surface area contributed by atoms with Gasteiger partial charge in [-0.15, -0.1) is 0 Å². The standard InChI is InChI=1S/C6H12N2O4S/c9-6(10)4-13(11,12)8-5-1-2-7-3-5/h5,7-8H,1-4H2,(H,9,10)/t5-/m1/s1. The molecule has 1 aliphatic heterocycles. The summed E-state index contributed by atoms with van der Waals surface area (Å²) in [6, 6.07) is -0.163. The van der Waals surface area contributed by atoms with Crippen LogP contribution in [0.1, 0.15) is 6.42 Å². The number of hydrogen-bond acceptors (Lipinski definition) is 4. The maximum absolute atomic E-state index is 11.1. The molecule has 0 bridgehead atoms. The summed E-state index contributed by atoms with van der Waals surface area (Å²) in [6.45, 7) is 1.33. The molecule has 13 heavy (non-hydrogen) atoms. The first-order valence-electron chi connectivity index (χ1n) is 3.92. The zero-order valence-electron chi connectivity index (χ0n) is 6.99. The fraction of sp³-hybridized carbons (Fsp3) is 0.833. The number of carbonyl (C=O) groups is 1. The summed E-state index contributed by atoms with van der Waals surface area (Å²) in [6.07, 6.45) is 0.707. The zero-order chi connectivity index (χ0) is 9.90. The molecule has 1 fully saturated rings. The molecule has 76 valence electrons. The molecule has 6 nitrogen and oxygen atoms in total. The van der Waals surface area contributed by atoms with E-state index in [0.717, 1.165) is 6.54 Å². The highest BCUT2D eigenvalue weighted by molar-refractivity contribution is 7.90. The molecule has 1 heterocycles. The molecule has 7 heteroatoms. The van der Waals surface area contributed by atoms with Crippen LogP contribution in [-0.4, -0.2) is 44.4 Å². The van der Waals surface area contributed by atoms with Crippen LogP contribution in [0, 0.1) is 0 Å². The Morgan fingerprint density at radius 2 is 2.31 bits per heavy atom. The predicted molar refractivity (Wildman–Crippen MR) is 45.8 cm³/mol. The number of aliphatic carboxylic acids is 1. The lowest BCUT2D eigenvalue weighted by molar-refractivity contribution is -0.134. The van der Waals surface area contributed by atoms with Gasteiger partial charge in [0.25, 0.3) is 0 Å². The van der Waals surface area contributed by atoms with Gasteiger partial charge in [-0.3, -0.25) is 4.79 Å². The van der Waals surface area contributed by atoms with Crippen molar-refractivity contribution in [3.63, 3.8) is 0 Å². The Labute approximate surface area is 76.4 Å². The Kier molecular flexibility index (Phi) is 3.23. The second kappa shape index (κ2) is 4.03. The molecule has 0 aromatic heterocycles. The Bertz CT molecular complexity index is 281. The van der Waals surface area contributed by atoms with Gasteiger partial charge in [-0.1, -0.05) is 0 Å². The molecule has 0 saturated carbocycles. The second-order valence-corrected chi connectivity index (χ2v) is 4.71. The van der Waals surface area contributed by atoms with Gasteiger partial charge in [-0.05, 0) is 13.0 Å². The van der Waals surface area contributed by atoms with Crippen LogP contribution in [0.4, 0.5) is 0 Å². The smallest absolute Gasteiger partial charge is 0.320 e. The fourth-order valence-electron chi connectivity index (χ4n) is 1.21. The Hall–Kier alpha value is -0.660. The number of rotatable bonds is 4. The van der Waals surface area contributed by atoms with E-state index >= 15 is 0 Å². The van der Waals surface area contributed by atoms with E-state index in [1.807, 2.05) is 0 Å². The lowest BCUT2D eigenvalue weighted by atomic mass is 10.3. The van der Waals surface area contributed by atoms with E-state index in [1.54, 1.807) is 0 Å². The van der Waals surface area contributed by atoms with Gasteiger partial charge >= 0.3 is 5.97 Å². The maximum Gasteiger partial charge on any atom is 0.320 e. The van der Waals surface area contributed by atoms with Gasteiger partial charge in [0.2, 0.25) is 10.0 Å². The first kappa shape index (κ1) is 10.4. The lowest BCUT2D eigenvalue weighted by Crippen LogP contribution is -2.39. The zero-order valence-corrected chi connectivity index (χ0v) is 7.80. The third kappa shape index (κ3) is 3.71. The Balaban J connectivity index is 2.46. The molecule has 0 aromatic carbocycles. The molecular weight excluding hydrogens is 196 g/mol. The third-order valence-electron chi connectivity index (χ3n) is 1.72. The highest BCUT2D eigenvalue weighted by Crippen LogP contribution is 1.99. The van der Waals surface area contributed by atoms with Crippen molar-refractivity contribution < 1.29 is 18.3 Å². The van der Waals surface area contributed by atoms with Crippen LogP contribution in [0.2, 0.25) is 0 Å². The fourth-order valence-corrected chi connectivity index (χ4v) is 2.33. The summed E-state index contributed by atoms with van der Waals surface area (Å²) in [5, 5.41) is 11.3. The molecule has 1 rings (SSSR count). The van der Waals surface area contributed by atoms with Crippen molar-refractivity contribution >= 4 is 16.0 Å². The summed E-state index contributed by atoms with van der Waals surface area (Å²) in [4.78, 5) is 10.2. The van der Waals surface area contributed by atoms with Crippen LogP contribution < -0.4 is 10.0 Å². The van der Waals surface area contributed by atoms with E-state index in [-0.39, 0.29) is 6.04 Å². The van der Waals surface area contributed by atoms with Gasteiger partial charge in [0.05, 0.1) is 0 Å². The van der Waals surface area contributed by atoms with Crippen LogP contribution in [0.25, 0.3) is 0 Å². The van der Waals surface area contributed by atoms with Gasteiger partial charge in [0.1, 0.15) is 0 Å². The highest BCUT2D eigenvalue weighted by atomic mass is 32.2. The van der Waals surface area contributed by atoms with E-state index in [0.29, 0.717) is 13.0 Å². The summed E-state index contributed by atoms with van der Waals surface area (Å²) in [7, 11) is -3.65. The van der Waals surface area contributed by atoms with Crippen molar-refractivity contribution in [1.82, 2.24) is 10.0 Å². The largest absolute Gasteiger partial charge is 0.480 e. The van der Waals surface area contributed by atoms with Crippen molar-refractivity contribution in [3.05, 3.63) is 0 Å². The summed E-state index contributed by atoms with van der Waals surface area (Å²) in [5.74, 6) is -2.19. The van der Waals surface area contributed by atoms with Crippen molar-refractivity contribution in [3.8, 4) is 0 Å². The third-order valence-corrected chi connectivity index (χ3v) is 3.04. The van der Waals surface area contributed by atoms with Crippen LogP contribution in [-0.2, 0) is 14.8 Å². The first-order chi connectivity index (χ1) is 5.99. The molecule has 1 atom stereocenters. The molecule has 3 N–H and O–H groups in total. The van der Waals surface area contributed by atoms with Gasteiger partial charge in [-0.2, -0.15) is 0 Å². The van der Waals surface area contributed by atoms with Crippen LogP contribution in [0.5, 0.6) is 0 Å². The number of carboxylic acids is 1. The lowest BCUT2D eigenvalue weighted by Gasteiger charge is -2.09. The SMILES string of the molecule is O=C(O)CS(=O)(=O)N[C@@H]1CCNC1. The molecule has 0 radical (unpaired) electrons. The van der Waals surface area contributed by atoms with Crippen LogP contribution in [0.15, 0.2) is 0 Å². The predicted octanol–water partition coefficient (Wildman–Crippen LogP) is -1.65. The average Bonchev–Trinajstić information content (AvgIpc) is 2.34. The van der Waals surface area contributed by atoms with Crippen LogP contribution in [0.3, 0.4) is 0 Å². The second-order valence-electron chi connectivity index (χ2n) is 2.96. The molecule has 1 aliphatic rings. The molecular formula is C6H12N2O4S. The molecule has 0 aromatic rings. The van der Waals surface area contributed by atoms with E-state index < -0.39 is 21.7 Å². The maximum atomic E-state index is 11.1. The highest BCUT2D eigenvalue weighted by Gasteiger charge is 2.22. The van der Waals surface area contributed by atoms with E-state index in [4.69, 9.17) is 5.11 Å². The van der Waals surface area contributed by atoms with Crippen molar-refractivity contribution in [2.45, 2.75) is 12.5 Å². The number of carboxylic acid groups (broad SMARTS) is 1. The average molecular weight is 208 g/mol. The number of nitrogens with one attached hydrogen (secondary N) is 2. The topological polar surface area (TPSA) is 95.5 Å². The normalized spacial score (nSPS) is 23.2. The van der Waals surface area contributed by atoms with Gasteiger partial charge in [-0.25, -0.2) is 13.1 Å². The van der Waals surface area contributed by atoms with Crippen molar-refractivity contribution in [1.29, 1.82) is 0 Å². The van der Waals surface area contributed by atoms with Crippen molar-refractivity contribution in [2.24, 2.45) is 0 Å². The molecule has 1 saturated heterocycles. The van der Waals surface area contributed by atoms with Gasteiger partial charge < -0.3 is 10.4 Å². The first-order valence-corrected chi connectivity index (χ1v) is 5.57. The number of sulfonamides is 1. The van der Waals surface area contributed by atoms with E-state index in [2.05, 4.69) is 10.0 Å². The summed E-state index contributed by atoms with van der Waals surface area (Å²) < 4.78 is 24.5. The summed E-state index contributed by atoms with van der Waals surface area (Å²) >= 11 is 0. The van der Waals surface area contributed by atoms with E-state index in [1.165, 1.54) is 0 Å². The monoisotopic (exact) mass is 208 g/mol. The van der Waals surface area contributed by atoms with E-state index in [9.17, 15) is 13.2 Å². The van der Waals surface area contributed by atoms with Crippen molar-refractivity contribution in [2.75, 3.05) is 18.8 Å². The molecule has 0 unspecified atom stereocenters. The minimum Gasteiger partial charge on any atom is -0.480 e. The quantitative estimate of drug-likeness (QED) is 0.514. The minimum atomic E-state index is -3.65. The number of hydrogen-bond donors (Lipinski definition) is 3. The summed E-state index contributed by atoms with van der Waals surface area (Å²) in [5.41, 5.74) is 0.